The van der Waals surface area contributed by atoms with Crippen LogP contribution in [0.1, 0.15) is 22.7 Å². The first-order valence-corrected chi connectivity index (χ1v) is 8.01. The number of benzene rings is 2. The summed E-state index contributed by atoms with van der Waals surface area (Å²) in [6, 6.07) is 11.3. The Labute approximate surface area is 150 Å². The first-order chi connectivity index (χ1) is 12.7. The van der Waals surface area contributed by atoms with E-state index in [-0.39, 0.29) is 17.0 Å². The maximum absolute atomic E-state index is 14.0. The largest absolute Gasteiger partial charge is 0.425 e. The molecule has 2 aliphatic heterocycles. The number of alkyl halides is 6. The zero-order valence-corrected chi connectivity index (χ0v) is 13.6. The third-order valence-electron chi connectivity index (χ3n) is 4.80. The Kier molecular flexibility index (Phi) is 3.66. The monoisotopic (exact) mass is 382 g/mol. The highest BCUT2D eigenvalue weighted by Gasteiger charge is 2.79. The van der Waals surface area contributed by atoms with Gasteiger partial charge < -0.3 is 4.90 Å². The number of hydrogen-bond acceptors (Lipinski definition) is 2. The van der Waals surface area contributed by atoms with Gasteiger partial charge in [-0.1, -0.05) is 54.6 Å². The lowest BCUT2D eigenvalue weighted by molar-refractivity contribution is -0.304. The summed E-state index contributed by atoms with van der Waals surface area (Å²) in [6.07, 6.45) is -8.54. The molecule has 0 bridgehead atoms. The van der Waals surface area contributed by atoms with Crippen molar-refractivity contribution < 1.29 is 26.3 Å². The van der Waals surface area contributed by atoms with Crippen LogP contribution < -0.4 is 0 Å². The summed E-state index contributed by atoms with van der Waals surface area (Å²) < 4.78 is 83.9. The zero-order chi connectivity index (χ0) is 19.4. The van der Waals surface area contributed by atoms with Gasteiger partial charge in [0.1, 0.15) is 11.9 Å². The summed E-state index contributed by atoms with van der Waals surface area (Å²) in [5.74, 6) is -0.360. The molecule has 2 aromatic carbocycles. The van der Waals surface area contributed by atoms with Gasteiger partial charge in [-0.15, -0.1) is 0 Å². The van der Waals surface area contributed by atoms with E-state index in [1.165, 1.54) is 54.7 Å². The standard InChI is InChI=1S/C19H12F6N2/c20-18(21,22)17(19(23,24)25)15-14-9-5-4-6-12(14)10-11-27(15)16(26-17)13-7-2-1-3-8-13/h1-11,15H. The van der Waals surface area contributed by atoms with E-state index >= 15 is 0 Å². The highest BCUT2D eigenvalue weighted by atomic mass is 19.4. The molecule has 2 nitrogen and oxygen atoms in total. The van der Waals surface area contributed by atoms with Crippen molar-refractivity contribution in [1.82, 2.24) is 4.90 Å². The summed E-state index contributed by atoms with van der Waals surface area (Å²) in [6.45, 7) is 0. The summed E-state index contributed by atoms with van der Waals surface area (Å²) in [5.41, 5.74) is -3.83. The van der Waals surface area contributed by atoms with Gasteiger partial charge in [-0.25, -0.2) is 4.99 Å². The SMILES string of the molecule is FC(F)(F)C1(C(F)(F)F)N=C(c2ccccc2)N2C=Cc3ccccc3C21. The Hall–Kier alpha value is -2.77. The second-order valence-corrected chi connectivity index (χ2v) is 6.32. The Morgan fingerprint density at radius 1 is 0.815 bits per heavy atom. The number of aliphatic imine (C=N–C) groups is 1. The highest BCUT2D eigenvalue weighted by molar-refractivity contribution is 6.02. The van der Waals surface area contributed by atoms with Crippen LogP contribution in [-0.2, 0) is 0 Å². The van der Waals surface area contributed by atoms with Crippen LogP contribution in [0.25, 0.3) is 6.08 Å². The summed E-state index contributed by atoms with van der Waals surface area (Å²) in [4.78, 5) is 4.29. The number of amidine groups is 1. The molecule has 2 aromatic rings. The molecule has 0 saturated heterocycles. The molecular weight excluding hydrogens is 370 g/mol. The first kappa shape index (κ1) is 17.6. The van der Waals surface area contributed by atoms with Gasteiger partial charge in [0.05, 0.1) is 0 Å². The van der Waals surface area contributed by atoms with E-state index in [0.717, 1.165) is 4.90 Å². The van der Waals surface area contributed by atoms with E-state index in [2.05, 4.69) is 4.99 Å². The molecule has 2 aliphatic rings. The molecule has 0 N–H and O–H groups in total. The molecule has 0 spiro atoms. The number of nitrogens with zero attached hydrogens (tertiary/aromatic N) is 2. The zero-order valence-electron chi connectivity index (χ0n) is 13.6. The topological polar surface area (TPSA) is 15.6 Å². The molecule has 0 aliphatic carbocycles. The van der Waals surface area contributed by atoms with E-state index in [1.54, 1.807) is 12.1 Å². The van der Waals surface area contributed by atoms with Crippen molar-refractivity contribution in [2.45, 2.75) is 23.9 Å². The van der Waals surface area contributed by atoms with Crippen LogP contribution >= 0.6 is 0 Å². The number of rotatable bonds is 1. The number of fused-ring (bicyclic) bond motifs is 3. The first-order valence-electron chi connectivity index (χ1n) is 8.01. The Bertz CT molecular complexity index is 913. The predicted molar refractivity (Wildman–Crippen MR) is 87.9 cm³/mol. The van der Waals surface area contributed by atoms with Gasteiger partial charge in [0.15, 0.2) is 0 Å². The Balaban J connectivity index is 2.04. The maximum Gasteiger partial charge on any atom is 0.425 e. The molecular formula is C19H12F6N2. The van der Waals surface area contributed by atoms with Gasteiger partial charge in [-0.2, -0.15) is 26.3 Å². The molecule has 2 heterocycles. The minimum absolute atomic E-state index is 0.0654. The fourth-order valence-electron chi connectivity index (χ4n) is 3.61. The average molecular weight is 382 g/mol. The Morgan fingerprint density at radius 3 is 2.04 bits per heavy atom. The van der Waals surface area contributed by atoms with Crippen molar-refractivity contribution in [3.8, 4) is 0 Å². The van der Waals surface area contributed by atoms with Gasteiger partial charge in [0.2, 0.25) is 0 Å². The van der Waals surface area contributed by atoms with Crippen LogP contribution in [0.3, 0.4) is 0 Å². The van der Waals surface area contributed by atoms with Crippen molar-refractivity contribution in [1.29, 1.82) is 0 Å². The molecule has 1 atom stereocenters. The van der Waals surface area contributed by atoms with Gasteiger partial charge in [-0.3, -0.25) is 0 Å². The number of halogens is 6. The molecule has 4 rings (SSSR count). The van der Waals surface area contributed by atoms with Crippen molar-refractivity contribution in [3.05, 3.63) is 77.5 Å². The molecule has 0 fully saturated rings. The maximum atomic E-state index is 14.0. The normalized spacial score (nSPS) is 20.9. The van der Waals surface area contributed by atoms with Crippen molar-refractivity contribution in [2.75, 3.05) is 0 Å². The minimum Gasteiger partial charge on any atom is -0.322 e. The van der Waals surface area contributed by atoms with E-state index in [9.17, 15) is 26.3 Å². The Morgan fingerprint density at radius 2 is 1.41 bits per heavy atom. The summed E-state index contributed by atoms with van der Waals surface area (Å²) in [7, 11) is 0. The molecule has 0 saturated carbocycles. The summed E-state index contributed by atoms with van der Waals surface area (Å²) in [5, 5.41) is 0. The van der Waals surface area contributed by atoms with Crippen LogP contribution in [0, 0.1) is 0 Å². The highest BCUT2D eigenvalue weighted by Crippen LogP contribution is 2.59. The van der Waals surface area contributed by atoms with Crippen LogP contribution in [0.4, 0.5) is 26.3 Å². The van der Waals surface area contributed by atoms with Crippen LogP contribution in [-0.4, -0.2) is 28.6 Å². The van der Waals surface area contributed by atoms with Gasteiger partial charge in [-0.05, 0) is 17.2 Å². The van der Waals surface area contributed by atoms with E-state index in [4.69, 9.17) is 0 Å². The molecule has 1 unspecified atom stereocenters. The molecule has 0 amide bonds. The fourth-order valence-corrected chi connectivity index (χ4v) is 3.61. The lowest BCUT2D eigenvalue weighted by atomic mass is 9.81. The molecule has 0 radical (unpaired) electrons. The van der Waals surface area contributed by atoms with Crippen molar-refractivity contribution in [3.63, 3.8) is 0 Å². The van der Waals surface area contributed by atoms with E-state index < -0.39 is 23.9 Å². The second kappa shape index (κ2) is 5.61. The predicted octanol–water partition coefficient (Wildman–Crippen LogP) is 5.34. The molecule has 0 aromatic heterocycles. The van der Waals surface area contributed by atoms with Crippen molar-refractivity contribution in [2.24, 2.45) is 4.99 Å². The third-order valence-corrected chi connectivity index (χ3v) is 4.80. The molecule has 27 heavy (non-hydrogen) atoms. The van der Waals surface area contributed by atoms with Crippen molar-refractivity contribution >= 4 is 11.9 Å². The van der Waals surface area contributed by atoms with E-state index in [0.29, 0.717) is 5.56 Å². The van der Waals surface area contributed by atoms with Crippen LogP contribution in [0.2, 0.25) is 0 Å². The minimum atomic E-state index is -5.64. The van der Waals surface area contributed by atoms with Crippen LogP contribution in [0.5, 0.6) is 0 Å². The lowest BCUT2D eigenvalue weighted by Crippen LogP contribution is -2.59. The van der Waals surface area contributed by atoms with Gasteiger partial charge >= 0.3 is 12.4 Å². The van der Waals surface area contributed by atoms with E-state index in [1.807, 2.05) is 0 Å². The molecule has 8 heteroatoms. The lowest BCUT2D eigenvalue weighted by Gasteiger charge is -2.40. The van der Waals surface area contributed by atoms with Gasteiger partial charge in [0.25, 0.3) is 5.54 Å². The summed E-state index contributed by atoms with van der Waals surface area (Å²) >= 11 is 0. The van der Waals surface area contributed by atoms with Gasteiger partial charge in [0, 0.05) is 11.8 Å². The molecule has 140 valence electrons. The quantitative estimate of drug-likeness (QED) is 0.608. The average Bonchev–Trinajstić information content (AvgIpc) is 2.99. The smallest absolute Gasteiger partial charge is 0.322 e. The second-order valence-electron chi connectivity index (χ2n) is 6.32. The van der Waals surface area contributed by atoms with Crippen LogP contribution in [0.15, 0.2) is 65.8 Å². The fraction of sp³-hybridized carbons (Fsp3) is 0.211. The number of hydrogen-bond donors (Lipinski definition) is 0. The third kappa shape index (κ3) is 2.39.